The molecule has 3 rings (SSSR count). The van der Waals surface area contributed by atoms with E-state index >= 15 is 0 Å². The number of carbonyl (C=O) groups is 1. The van der Waals surface area contributed by atoms with Crippen LogP contribution in [0.3, 0.4) is 0 Å². The summed E-state index contributed by atoms with van der Waals surface area (Å²) in [5.74, 6) is -0.112. The summed E-state index contributed by atoms with van der Waals surface area (Å²) >= 11 is 0. The molecule has 5 nitrogen and oxygen atoms in total. The summed E-state index contributed by atoms with van der Waals surface area (Å²) in [4.78, 5) is 26.5. The van der Waals surface area contributed by atoms with Crippen LogP contribution in [0.1, 0.15) is 23.2 Å². The van der Waals surface area contributed by atoms with E-state index in [1.165, 1.54) is 4.57 Å². The van der Waals surface area contributed by atoms with Gasteiger partial charge in [-0.1, -0.05) is 0 Å². The quantitative estimate of drug-likeness (QED) is 0.725. The molecule has 0 unspecified atom stereocenters. The zero-order chi connectivity index (χ0) is 12.2. The van der Waals surface area contributed by atoms with Gasteiger partial charge in [0.25, 0.3) is 0 Å². The van der Waals surface area contributed by atoms with Crippen molar-refractivity contribution in [1.29, 1.82) is 0 Å². The molecule has 1 aromatic heterocycles. The molecule has 17 heavy (non-hydrogen) atoms. The number of H-pyrrole nitrogens is 1. The topological polar surface area (TPSA) is 80.9 Å². The maximum absolute atomic E-state index is 12.0. The summed E-state index contributed by atoms with van der Waals surface area (Å²) in [6, 6.07) is 3.48. The van der Waals surface area contributed by atoms with Gasteiger partial charge in [-0.2, -0.15) is 0 Å². The number of nitrogens with zero attached hydrogens (tertiary/aromatic N) is 1. The van der Waals surface area contributed by atoms with Crippen molar-refractivity contribution in [1.82, 2.24) is 9.55 Å². The predicted molar refractivity (Wildman–Crippen MR) is 65.1 cm³/mol. The lowest BCUT2D eigenvalue weighted by atomic mass is 10.2. The fourth-order valence-corrected chi connectivity index (χ4v) is 2.01. The van der Waals surface area contributed by atoms with Crippen LogP contribution in [-0.4, -0.2) is 15.5 Å². The maximum Gasteiger partial charge on any atom is 0.333 e. The molecule has 88 valence electrons. The largest absolute Gasteiger partial charge is 0.398 e. The molecule has 1 saturated carbocycles. The Bertz CT molecular complexity index is 677. The molecule has 1 aliphatic carbocycles. The van der Waals surface area contributed by atoms with E-state index in [-0.39, 0.29) is 17.5 Å². The number of aryl methyl sites for hydroxylation is 1. The Balaban J connectivity index is 2.29. The second-order valence-electron chi connectivity index (χ2n) is 4.60. The van der Waals surface area contributed by atoms with Crippen molar-refractivity contribution in [3.8, 4) is 0 Å². The molecule has 1 aromatic carbocycles. The number of hydrogen-bond acceptors (Lipinski definition) is 3. The molecule has 0 radical (unpaired) electrons. The highest BCUT2D eigenvalue weighted by atomic mass is 16.2. The molecule has 0 amide bonds. The Hall–Kier alpha value is -2.04. The number of benzene rings is 1. The van der Waals surface area contributed by atoms with Crippen molar-refractivity contribution >= 4 is 22.6 Å². The number of aromatic amines is 1. The van der Waals surface area contributed by atoms with E-state index in [2.05, 4.69) is 4.98 Å². The van der Waals surface area contributed by atoms with E-state index in [1.54, 1.807) is 12.1 Å². The number of hydrogen-bond donors (Lipinski definition) is 2. The van der Waals surface area contributed by atoms with Gasteiger partial charge in [0.1, 0.15) is 0 Å². The summed E-state index contributed by atoms with van der Waals surface area (Å²) in [5, 5.41) is 0. The molecule has 5 heteroatoms. The van der Waals surface area contributed by atoms with Crippen molar-refractivity contribution in [2.75, 3.05) is 5.73 Å². The number of carbonyl (C=O) groups excluding carboxylic acids is 1. The third kappa shape index (κ3) is 1.46. The van der Waals surface area contributed by atoms with Gasteiger partial charge in [-0.3, -0.25) is 4.79 Å². The number of aromatic nitrogens is 2. The van der Waals surface area contributed by atoms with Gasteiger partial charge >= 0.3 is 5.69 Å². The third-order valence-electron chi connectivity index (χ3n) is 3.22. The van der Waals surface area contributed by atoms with E-state index < -0.39 is 0 Å². The smallest absolute Gasteiger partial charge is 0.333 e. The minimum atomic E-state index is -0.373. The van der Waals surface area contributed by atoms with Gasteiger partial charge < -0.3 is 10.7 Å². The highest BCUT2D eigenvalue weighted by Crippen LogP contribution is 2.31. The maximum atomic E-state index is 12.0. The van der Waals surface area contributed by atoms with Gasteiger partial charge in [0.05, 0.1) is 11.0 Å². The van der Waals surface area contributed by atoms with E-state index in [0.29, 0.717) is 16.7 Å². The number of nitrogen functional groups attached to an aromatic ring is 1. The van der Waals surface area contributed by atoms with Gasteiger partial charge in [-0.25, -0.2) is 9.36 Å². The second-order valence-corrected chi connectivity index (χ2v) is 4.60. The average Bonchev–Trinajstić information content (AvgIpc) is 3.04. The van der Waals surface area contributed by atoms with E-state index in [9.17, 15) is 9.59 Å². The first kappa shape index (κ1) is 10.1. The van der Waals surface area contributed by atoms with Gasteiger partial charge in [0, 0.05) is 11.6 Å². The SMILES string of the molecule is Cc1cc2[nH]c(=O)n(C(=O)C3CC3)c2cc1N. The molecule has 1 heterocycles. The summed E-state index contributed by atoms with van der Waals surface area (Å²) in [5.41, 5.74) is 8.17. The minimum Gasteiger partial charge on any atom is -0.398 e. The molecule has 1 fully saturated rings. The molecule has 1 aliphatic rings. The van der Waals surface area contributed by atoms with Gasteiger partial charge in [-0.05, 0) is 37.5 Å². The molecular formula is C12H13N3O2. The predicted octanol–water partition coefficient (Wildman–Crippen LogP) is 1.27. The minimum absolute atomic E-state index is 0.00854. The van der Waals surface area contributed by atoms with Crippen molar-refractivity contribution in [3.05, 3.63) is 28.2 Å². The molecule has 0 bridgehead atoms. The van der Waals surface area contributed by atoms with Crippen molar-refractivity contribution < 1.29 is 4.79 Å². The van der Waals surface area contributed by atoms with Crippen LogP contribution in [0.25, 0.3) is 11.0 Å². The number of rotatable bonds is 1. The van der Waals surface area contributed by atoms with Crippen LogP contribution in [0.4, 0.5) is 5.69 Å². The first-order valence-corrected chi connectivity index (χ1v) is 5.63. The Morgan fingerprint density at radius 1 is 1.47 bits per heavy atom. The number of nitrogens with one attached hydrogen (secondary N) is 1. The molecule has 0 spiro atoms. The highest BCUT2D eigenvalue weighted by molar-refractivity contribution is 5.94. The Morgan fingerprint density at radius 3 is 2.82 bits per heavy atom. The fraction of sp³-hybridized carbons (Fsp3) is 0.333. The molecule has 2 aromatic rings. The standard InChI is InChI=1S/C12H13N3O2/c1-6-4-9-10(5-8(6)13)15(12(17)14-9)11(16)7-2-3-7/h4-5,7H,2-3,13H2,1H3,(H,14,17). The zero-order valence-corrected chi connectivity index (χ0v) is 9.49. The normalized spacial score (nSPS) is 15.4. The third-order valence-corrected chi connectivity index (χ3v) is 3.22. The van der Waals surface area contributed by atoms with E-state index in [1.807, 2.05) is 6.92 Å². The first-order valence-electron chi connectivity index (χ1n) is 5.63. The van der Waals surface area contributed by atoms with Gasteiger partial charge in [0.15, 0.2) is 0 Å². The van der Waals surface area contributed by atoms with Crippen LogP contribution in [0.2, 0.25) is 0 Å². The molecule has 0 atom stereocenters. The molecular weight excluding hydrogens is 218 g/mol. The molecule has 3 N–H and O–H groups in total. The van der Waals surface area contributed by atoms with Crippen molar-refractivity contribution in [2.45, 2.75) is 19.8 Å². The number of imidazole rings is 1. The molecule has 0 aliphatic heterocycles. The van der Waals surface area contributed by atoms with E-state index in [4.69, 9.17) is 5.73 Å². The van der Waals surface area contributed by atoms with Crippen LogP contribution in [0, 0.1) is 12.8 Å². The van der Waals surface area contributed by atoms with Crippen LogP contribution in [0.15, 0.2) is 16.9 Å². The van der Waals surface area contributed by atoms with Crippen LogP contribution >= 0.6 is 0 Å². The lowest BCUT2D eigenvalue weighted by Crippen LogP contribution is -2.25. The zero-order valence-electron chi connectivity index (χ0n) is 9.49. The number of anilines is 1. The fourth-order valence-electron chi connectivity index (χ4n) is 2.01. The first-order chi connectivity index (χ1) is 8.08. The average molecular weight is 231 g/mol. The summed E-state index contributed by atoms with van der Waals surface area (Å²) < 4.78 is 1.21. The highest BCUT2D eigenvalue weighted by Gasteiger charge is 2.32. The monoisotopic (exact) mass is 231 g/mol. The van der Waals surface area contributed by atoms with Crippen LogP contribution < -0.4 is 11.4 Å². The summed E-state index contributed by atoms with van der Waals surface area (Å²) in [6.07, 6.45) is 1.75. The Morgan fingerprint density at radius 2 is 2.18 bits per heavy atom. The number of nitrogens with two attached hydrogens (primary N) is 1. The Labute approximate surface area is 97.2 Å². The van der Waals surface area contributed by atoms with E-state index in [0.717, 1.165) is 18.4 Å². The summed E-state index contributed by atoms with van der Waals surface area (Å²) in [7, 11) is 0. The van der Waals surface area contributed by atoms with Crippen molar-refractivity contribution in [3.63, 3.8) is 0 Å². The van der Waals surface area contributed by atoms with Crippen LogP contribution in [0.5, 0.6) is 0 Å². The van der Waals surface area contributed by atoms with Gasteiger partial charge in [0.2, 0.25) is 5.91 Å². The second kappa shape index (κ2) is 3.23. The summed E-state index contributed by atoms with van der Waals surface area (Å²) in [6.45, 7) is 1.87. The molecule has 0 saturated heterocycles. The number of fused-ring (bicyclic) bond motifs is 1. The van der Waals surface area contributed by atoms with Gasteiger partial charge in [-0.15, -0.1) is 0 Å². The van der Waals surface area contributed by atoms with Crippen LogP contribution in [-0.2, 0) is 0 Å². The lowest BCUT2D eigenvalue weighted by Gasteiger charge is -2.03. The van der Waals surface area contributed by atoms with Crippen molar-refractivity contribution in [2.24, 2.45) is 5.92 Å². The Kier molecular flexibility index (Phi) is 1.92. The lowest BCUT2D eigenvalue weighted by molar-refractivity contribution is 0.0887.